The van der Waals surface area contributed by atoms with E-state index < -0.39 is 0 Å². The second kappa shape index (κ2) is 10.9. The molecule has 0 aromatic heterocycles. The van der Waals surface area contributed by atoms with Gasteiger partial charge in [-0.25, -0.2) is 8.78 Å². The molecule has 2 N–H and O–H groups in total. The number of halogens is 2. The van der Waals surface area contributed by atoms with Crippen molar-refractivity contribution in [2.75, 3.05) is 26.7 Å². The zero-order valence-electron chi connectivity index (χ0n) is 17.6. The first-order chi connectivity index (χ1) is 14.6. The van der Waals surface area contributed by atoms with Crippen LogP contribution >= 0.6 is 0 Å². The standard InChI is InChI=1S/C23H30F2N4O/c1-3-30-22-9-6-18(14-21(22)25)15-27-23(26-2)28-20-10-12-29(13-11-20)16-17-4-7-19(24)8-5-17/h4-9,14,20H,3,10-13,15-16H2,1-2H3,(H2,26,27,28). The van der Waals surface area contributed by atoms with Crippen molar-refractivity contribution in [2.24, 2.45) is 4.99 Å². The fourth-order valence-electron chi connectivity index (χ4n) is 3.58. The fourth-order valence-corrected chi connectivity index (χ4v) is 3.58. The Balaban J connectivity index is 1.43. The highest BCUT2D eigenvalue weighted by Crippen LogP contribution is 2.18. The van der Waals surface area contributed by atoms with E-state index in [1.807, 2.05) is 25.1 Å². The van der Waals surface area contributed by atoms with Crippen LogP contribution in [0.5, 0.6) is 5.75 Å². The normalized spacial score (nSPS) is 15.8. The van der Waals surface area contributed by atoms with E-state index in [0.717, 1.165) is 43.6 Å². The van der Waals surface area contributed by atoms with Crippen LogP contribution in [0.15, 0.2) is 47.5 Å². The largest absolute Gasteiger partial charge is 0.491 e. The predicted molar refractivity (Wildman–Crippen MR) is 116 cm³/mol. The second-order valence-corrected chi connectivity index (χ2v) is 7.44. The number of benzene rings is 2. The van der Waals surface area contributed by atoms with E-state index in [-0.39, 0.29) is 17.4 Å². The molecule has 0 aliphatic carbocycles. The maximum absolute atomic E-state index is 14.0. The third-order valence-corrected chi connectivity index (χ3v) is 5.23. The number of nitrogens with zero attached hydrogens (tertiary/aromatic N) is 2. The summed E-state index contributed by atoms with van der Waals surface area (Å²) in [6, 6.07) is 12.0. The maximum atomic E-state index is 14.0. The molecule has 1 aliphatic rings. The van der Waals surface area contributed by atoms with Gasteiger partial charge >= 0.3 is 0 Å². The molecule has 1 heterocycles. The van der Waals surface area contributed by atoms with Gasteiger partial charge in [-0.1, -0.05) is 18.2 Å². The minimum atomic E-state index is -0.354. The summed E-state index contributed by atoms with van der Waals surface area (Å²) in [5.41, 5.74) is 1.95. The number of guanidine groups is 1. The minimum absolute atomic E-state index is 0.200. The van der Waals surface area contributed by atoms with E-state index in [0.29, 0.717) is 25.2 Å². The van der Waals surface area contributed by atoms with Crippen molar-refractivity contribution in [2.45, 2.75) is 38.9 Å². The summed E-state index contributed by atoms with van der Waals surface area (Å²) >= 11 is 0. The number of aliphatic imine (C=N–C) groups is 1. The molecular weight excluding hydrogens is 386 g/mol. The van der Waals surface area contributed by atoms with Crippen LogP contribution in [0.25, 0.3) is 0 Å². The highest BCUT2D eigenvalue weighted by atomic mass is 19.1. The smallest absolute Gasteiger partial charge is 0.191 e. The molecule has 162 valence electrons. The van der Waals surface area contributed by atoms with Gasteiger partial charge in [0.05, 0.1) is 6.61 Å². The van der Waals surface area contributed by atoms with E-state index in [4.69, 9.17) is 4.74 Å². The molecule has 0 unspecified atom stereocenters. The molecule has 30 heavy (non-hydrogen) atoms. The molecule has 2 aromatic rings. The second-order valence-electron chi connectivity index (χ2n) is 7.44. The van der Waals surface area contributed by atoms with Crippen LogP contribution in [-0.4, -0.2) is 43.6 Å². The molecule has 0 bridgehead atoms. The van der Waals surface area contributed by atoms with E-state index in [1.54, 1.807) is 13.1 Å². The summed E-state index contributed by atoms with van der Waals surface area (Å²) in [5, 5.41) is 6.71. The Morgan fingerprint density at radius 1 is 1.10 bits per heavy atom. The van der Waals surface area contributed by atoms with Gasteiger partial charge in [0.15, 0.2) is 17.5 Å². The summed E-state index contributed by atoms with van der Waals surface area (Å²) in [5.74, 6) is 0.429. The average molecular weight is 417 g/mol. The molecule has 0 amide bonds. The number of nitrogens with one attached hydrogen (secondary N) is 2. The van der Waals surface area contributed by atoms with Gasteiger partial charge in [0.25, 0.3) is 0 Å². The first-order valence-electron chi connectivity index (χ1n) is 10.4. The van der Waals surface area contributed by atoms with Crippen molar-refractivity contribution in [3.8, 4) is 5.75 Å². The highest BCUT2D eigenvalue weighted by molar-refractivity contribution is 5.79. The molecule has 0 radical (unpaired) electrons. The van der Waals surface area contributed by atoms with Gasteiger partial charge in [-0.15, -0.1) is 0 Å². The van der Waals surface area contributed by atoms with Gasteiger partial charge in [0.2, 0.25) is 0 Å². The lowest BCUT2D eigenvalue weighted by Crippen LogP contribution is -2.48. The van der Waals surface area contributed by atoms with Crippen molar-refractivity contribution < 1.29 is 13.5 Å². The molecule has 1 aliphatic heterocycles. The van der Waals surface area contributed by atoms with Crippen LogP contribution in [0.2, 0.25) is 0 Å². The molecule has 1 fully saturated rings. The Bertz CT molecular complexity index is 834. The van der Waals surface area contributed by atoms with Crippen LogP contribution in [0.3, 0.4) is 0 Å². The third kappa shape index (κ3) is 6.42. The number of piperidine rings is 1. The third-order valence-electron chi connectivity index (χ3n) is 5.23. The summed E-state index contributed by atoms with van der Waals surface area (Å²) in [4.78, 5) is 6.67. The zero-order chi connectivity index (χ0) is 21.3. The first kappa shape index (κ1) is 22.0. The summed E-state index contributed by atoms with van der Waals surface area (Å²) in [6.07, 6.45) is 2.00. The Labute approximate surface area is 177 Å². The molecule has 0 atom stereocenters. The Morgan fingerprint density at radius 3 is 2.43 bits per heavy atom. The van der Waals surface area contributed by atoms with E-state index in [9.17, 15) is 8.78 Å². The van der Waals surface area contributed by atoms with Gasteiger partial charge in [-0.3, -0.25) is 9.89 Å². The van der Waals surface area contributed by atoms with Crippen LogP contribution in [0, 0.1) is 11.6 Å². The Hall–Kier alpha value is -2.67. The molecule has 7 heteroatoms. The summed E-state index contributed by atoms with van der Waals surface area (Å²) < 4.78 is 32.3. The summed E-state index contributed by atoms with van der Waals surface area (Å²) in [6.45, 7) is 5.52. The lowest BCUT2D eigenvalue weighted by molar-refractivity contribution is 0.198. The van der Waals surface area contributed by atoms with E-state index in [1.165, 1.54) is 18.2 Å². The lowest BCUT2D eigenvalue weighted by atomic mass is 10.0. The maximum Gasteiger partial charge on any atom is 0.191 e. The van der Waals surface area contributed by atoms with Gasteiger partial charge in [-0.05, 0) is 55.2 Å². The molecule has 0 spiro atoms. The molecule has 1 saturated heterocycles. The predicted octanol–water partition coefficient (Wildman–Crippen LogP) is 3.69. The SMILES string of the molecule is CCOc1ccc(CNC(=NC)NC2CCN(Cc3ccc(F)cc3)CC2)cc1F. The minimum Gasteiger partial charge on any atom is -0.491 e. The monoisotopic (exact) mass is 416 g/mol. The highest BCUT2D eigenvalue weighted by Gasteiger charge is 2.20. The Morgan fingerprint density at radius 2 is 1.80 bits per heavy atom. The number of likely N-dealkylation sites (tertiary alicyclic amines) is 1. The first-order valence-corrected chi connectivity index (χ1v) is 10.4. The number of ether oxygens (including phenoxy) is 1. The number of hydrogen-bond donors (Lipinski definition) is 2. The van der Waals surface area contributed by atoms with Crippen molar-refractivity contribution >= 4 is 5.96 Å². The van der Waals surface area contributed by atoms with Crippen LogP contribution < -0.4 is 15.4 Å². The van der Waals surface area contributed by atoms with Crippen LogP contribution in [-0.2, 0) is 13.1 Å². The van der Waals surface area contributed by atoms with Crippen LogP contribution in [0.4, 0.5) is 8.78 Å². The number of rotatable bonds is 7. The Kier molecular flexibility index (Phi) is 8.02. The van der Waals surface area contributed by atoms with Crippen molar-refractivity contribution in [1.29, 1.82) is 0 Å². The zero-order valence-corrected chi connectivity index (χ0v) is 17.6. The average Bonchev–Trinajstić information content (AvgIpc) is 2.76. The van der Waals surface area contributed by atoms with Crippen molar-refractivity contribution in [1.82, 2.24) is 15.5 Å². The van der Waals surface area contributed by atoms with Gasteiger partial charge < -0.3 is 15.4 Å². The lowest BCUT2D eigenvalue weighted by Gasteiger charge is -2.33. The molecule has 0 saturated carbocycles. The van der Waals surface area contributed by atoms with E-state index >= 15 is 0 Å². The van der Waals surface area contributed by atoms with Crippen molar-refractivity contribution in [3.05, 3.63) is 65.2 Å². The molecule has 3 rings (SSSR count). The topological polar surface area (TPSA) is 48.9 Å². The number of hydrogen-bond acceptors (Lipinski definition) is 3. The van der Waals surface area contributed by atoms with Crippen molar-refractivity contribution in [3.63, 3.8) is 0 Å². The summed E-state index contributed by atoms with van der Waals surface area (Å²) in [7, 11) is 1.73. The molecule has 5 nitrogen and oxygen atoms in total. The van der Waals surface area contributed by atoms with Gasteiger partial charge in [0, 0.05) is 39.3 Å². The quantitative estimate of drug-likeness (QED) is 0.534. The molecular formula is C23H30F2N4O. The van der Waals surface area contributed by atoms with Gasteiger partial charge in [0.1, 0.15) is 5.82 Å². The van der Waals surface area contributed by atoms with Gasteiger partial charge in [-0.2, -0.15) is 0 Å². The van der Waals surface area contributed by atoms with E-state index in [2.05, 4.69) is 20.5 Å². The van der Waals surface area contributed by atoms with Crippen LogP contribution in [0.1, 0.15) is 30.9 Å². The fraction of sp³-hybridized carbons (Fsp3) is 0.435. The molecule has 2 aromatic carbocycles.